The van der Waals surface area contributed by atoms with Crippen LogP contribution in [0.5, 0.6) is 5.75 Å². The van der Waals surface area contributed by atoms with Gasteiger partial charge in [0.1, 0.15) is 5.75 Å². The van der Waals surface area contributed by atoms with Crippen molar-refractivity contribution < 1.29 is 19.1 Å². The fourth-order valence-electron chi connectivity index (χ4n) is 3.78. The van der Waals surface area contributed by atoms with E-state index in [9.17, 15) is 9.59 Å². The molecule has 1 heterocycles. The van der Waals surface area contributed by atoms with Gasteiger partial charge in [-0.2, -0.15) is 0 Å². The Hall–Kier alpha value is -3.28. The molecule has 0 aliphatic heterocycles. The molecular weight excluding hydrogens is 368 g/mol. The fraction of sp³-hybridized carbons (Fsp3) is 0.304. The number of aryl methyl sites for hydroxylation is 2. The highest BCUT2D eigenvalue weighted by Crippen LogP contribution is 2.30. The molecule has 0 spiro atoms. The number of fused-ring (bicyclic) bond motifs is 3. The maximum absolute atomic E-state index is 12.5. The summed E-state index contributed by atoms with van der Waals surface area (Å²) in [5.41, 5.74) is 4.61. The number of hydrogen-bond acceptors (Lipinski definition) is 4. The molecule has 0 bridgehead atoms. The van der Waals surface area contributed by atoms with E-state index in [-0.39, 0.29) is 6.61 Å². The van der Waals surface area contributed by atoms with Gasteiger partial charge in [0.2, 0.25) is 0 Å². The van der Waals surface area contributed by atoms with Crippen LogP contribution in [-0.4, -0.2) is 30.1 Å². The molecule has 6 nitrogen and oxygen atoms in total. The number of rotatable bonds is 6. The maximum atomic E-state index is 12.5. The third-order valence-electron chi connectivity index (χ3n) is 5.13. The zero-order valence-corrected chi connectivity index (χ0v) is 16.4. The zero-order chi connectivity index (χ0) is 20.2. The SMILES string of the molecule is CCOc1ccccc1NC(=O)COC(=O)c1ccc2[nH]c3c(c2c1)CCCC3. The van der Waals surface area contributed by atoms with Gasteiger partial charge in [-0.1, -0.05) is 12.1 Å². The van der Waals surface area contributed by atoms with E-state index in [0.717, 1.165) is 30.2 Å². The summed E-state index contributed by atoms with van der Waals surface area (Å²) in [5, 5.41) is 3.80. The minimum absolute atomic E-state index is 0.359. The standard InChI is InChI=1S/C23H24N2O4/c1-2-28-21-10-6-5-9-20(21)25-22(26)14-29-23(27)15-11-12-19-17(13-15)16-7-3-4-8-18(16)24-19/h5-6,9-13,24H,2-4,7-8,14H2,1H3,(H,25,26). The molecule has 1 aliphatic carbocycles. The van der Waals surface area contributed by atoms with E-state index in [1.165, 1.54) is 17.7 Å². The number of esters is 1. The van der Waals surface area contributed by atoms with E-state index in [1.54, 1.807) is 24.3 Å². The first-order valence-electron chi connectivity index (χ1n) is 9.98. The molecule has 0 atom stereocenters. The van der Waals surface area contributed by atoms with Crippen molar-refractivity contribution in [3.8, 4) is 5.75 Å². The zero-order valence-electron chi connectivity index (χ0n) is 16.4. The Kier molecular flexibility index (Phi) is 5.51. The first-order chi connectivity index (χ1) is 14.2. The van der Waals surface area contributed by atoms with Gasteiger partial charge in [-0.3, -0.25) is 4.79 Å². The Bertz CT molecular complexity index is 1050. The largest absolute Gasteiger partial charge is 0.492 e. The fourth-order valence-corrected chi connectivity index (χ4v) is 3.78. The number of carbonyl (C=O) groups excluding carboxylic acids is 2. The van der Waals surface area contributed by atoms with Crippen LogP contribution in [0.15, 0.2) is 42.5 Å². The number of ether oxygens (including phenoxy) is 2. The third kappa shape index (κ3) is 4.11. The molecule has 29 heavy (non-hydrogen) atoms. The van der Waals surface area contributed by atoms with Gasteiger partial charge in [0.25, 0.3) is 5.91 Å². The second kappa shape index (κ2) is 8.39. The predicted molar refractivity (Wildman–Crippen MR) is 111 cm³/mol. The Morgan fingerprint density at radius 1 is 1.10 bits per heavy atom. The van der Waals surface area contributed by atoms with Gasteiger partial charge in [0.05, 0.1) is 17.9 Å². The summed E-state index contributed by atoms with van der Waals surface area (Å²) < 4.78 is 10.7. The Morgan fingerprint density at radius 3 is 2.79 bits per heavy atom. The smallest absolute Gasteiger partial charge is 0.338 e. The van der Waals surface area contributed by atoms with Crippen LogP contribution in [0, 0.1) is 0 Å². The van der Waals surface area contributed by atoms with Gasteiger partial charge in [-0.15, -0.1) is 0 Å². The van der Waals surface area contributed by atoms with E-state index in [2.05, 4.69) is 10.3 Å². The molecule has 3 aromatic rings. The quantitative estimate of drug-likeness (QED) is 0.615. The third-order valence-corrected chi connectivity index (χ3v) is 5.13. The van der Waals surface area contributed by atoms with Crippen molar-refractivity contribution in [2.45, 2.75) is 32.6 Å². The molecule has 0 saturated heterocycles. The molecule has 0 unspecified atom stereocenters. The maximum Gasteiger partial charge on any atom is 0.338 e. The first kappa shape index (κ1) is 19.1. The van der Waals surface area contributed by atoms with E-state index in [4.69, 9.17) is 9.47 Å². The van der Waals surface area contributed by atoms with Crippen LogP contribution in [0.1, 0.15) is 41.4 Å². The second-order valence-electron chi connectivity index (χ2n) is 7.10. The van der Waals surface area contributed by atoms with Gasteiger partial charge < -0.3 is 19.8 Å². The molecule has 6 heteroatoms. The van der Waals surface area contributed by atoms with Crippen molar-refractivity contribution in [2.75, 3.05) is 18.5 Å². The molecule has 150 valence electrons. The lowest BCUT2D eigenvalue weighted by Gasteiger charge is -2.11. The van der Waals surface area contributed by atoms with Crippen LogP contribution >= 0.6 is 0 Å². The Balaban J connectivity index is 1.41. The summed E-state index contributed by atoms with van der Waals surface area (Å²) in [6.07, 6.45) is 4.43. The number of carbonyl (C=O) groups is 2. The molecule has 1 aromatic heterocycles. The monoisotopic (exact) mass is 392 g/mol. The molecular formula is C23H24N2O4. The predicted octanol–water partition coefficient (Wildman–Crippen LogP) is 4.24. The number of aromatic amines is 1. The van der Waals surface area contributed by atoms with E-state index >= 15 is 0 Å². The average Bonchev–Trinajstić information content (AvgIpc) is 3.11. The van der Waals surface area contributed by atoms with Crippen LogP contribution in [0.3, 0.4) is 0 Å². The van der Waals surface area contributed by atoms with Crippen LogP contribution in [-0.2, 0) is 22.4 Å². The number of nitrogens with one attached hydrogen (secondary N) is 2. The van der Waals surface area contributed by atoms with E-state index < -0.39 is 11.9 Å². The van der Waals surface area contributed by atoms with Crippen molar-refractivity contribution in [1.82, 2.24) is 4.98 Å². The highest BCUT2D eigenvalue weighted by Gasteiger charge is 2.18. The molecule has 1 amide bonds. The molecule has 0 saturated carbocycles. The minimum Gasteiger partial charge on any atom is -0.492 e. The molecule has 2 N–H and O–H groups in total. The van der Waals surface area contributed by atoms with Crippen molar-refractivity contribution in [3.05, 3.63) is 59.3 Å². The van der Waals surface area contributed by atoms with Gasteiger partial charge in [0, 0.05) is 16.6 Å². The molecule has 2 aromatic carbocycles. The summed E-state index contributed by atoms with van der Waals surface area (Å²) in [5.74, 6) is -0.339. The lowest BCUT2D eigenvalue weighted by molar-refractivity contribution is -0.119. The van der Waals surface area contributed by atoms with Crippen molar-refractivity contribution in [2.24, 2.45) is 0 Å². The summed E-state index contributed by atoms with van der Waals surface area (Å²) in [6.45, 7) is 2.01. The van der Waals surface area contributed by atoms with Crippen molar-refractivity contribution in [1.29, 1.82) is 0 Å². The summed E-state index contributed by atoms with van der Waals surface area (Å²) in [4.78, 5) is 28.1. The van der Waals surface area contributed by atoms with Crippen LogP contribution in [0.4, 0.5) is 5.69 Å². The summed E-state index contributed by atoms with van der Waals surface area (Å²) in [7, 11) is 0. The number of aromatic nitrogens is 1. The van der Waals surface area contributed by atoms with Gasteiger partial charge in [-0.05, 0) is 68.5 Å². The molecule has 0 radical (unpaired) electrons. The first-order valence-corrected chi connectivity index (χ1v) is 9.98. The van der Waals surface area contributed by atoms with Crippen molar-refractivity contribution in [3.63, 3.8) is 0 Å². The van der Waals surface area contributed by atoms with E-state index in [1.807, 2.05) is 25.1 Å². The van der Waals surface area contributed by atoms with E-state index in [0.29, 0.717) is 23.6 Å². The number of para-hydroxylation sites is 2. The van der Waals surface area contributed by atoms with Gasteiger partial charge in [0.15, 0.2) is 6.61 Å². The summed E-state index contributed by atoms with van der Waals surface area (Å²) >= 11 is 0. The van der Waals surface area contributed by atoms with Gasteiger partial charge >= 0.3 is 5.97 Å². The number of benzene rings is 2. The number of anilines is 1. The highest BCUT2D eigenvalue weighted by molar-refractivity contribution is 5.98. The number of amides is 1. The number of H-pyrrole nitrogens is 1. The Labute approximate surface area is 169 Å². The number of hydrogen-bond donors (Lipinski definition) is 2. The van der Waals surface area contributed by atoms with Crippen LogP contribution in [0.2, 0.25) is 0 Å². The summed E-state index contributed by atoms with van der Waals surface area (Å²) in [6, 6.07) is 12.7. The molecule has 4 rings (SSSR count). The molecule has 1 aliphatic rings. The topological polar surface area (TPSA) is 80.4 Å². The van der Waals surface area contributed by atoms with Crippen LogP contribution in [0.25, 0.3) is 10.9 Å². The van der Waals surface area contributed by atoms with Crippen LogP contribution < -0.4 is 10.1 Å². The normalized spacial score (nSPS) is 13.0. The Morgan fingerprint density at radius 2 is 1.93 bits per heavy atom. The van der Waals surface area contributed by atoms with Gasteiger partial charge in [-0.25, -0.2) is 4.79 Å². The second-order valence-corrected chi connectivity index (χ2v) is 7.10. The molecule has 0 fully saturated rings. The average molecular weight is 392 g/mol. The minimum atomic E-state index is -0.508. The highest BCUT2D eigenvalue weighted by atomic mass is 16.5. The lowest BCUT2D eigenvalue weighted by Crippen LogP contribution is -2.21. The van der Waals surface area contributed by atoms with Crippen molar-refractivity contribution >= 4 is 28.5 Å². The lowest BCUT2D eigenvalue weighted by atomic mass is 9.95.